The molecule has 3 rings (SSSR count). The fourth-order valence-electron chi connectivity index (χ4n) is 6.19. The number of Topliss-reactive ketones (excluding diaryl/α,β-unsaturated/α-hetero) is 1. The monoisotopic (exact) mass is 753 g/mol. The lowest BCUT2D eigenvalue weighted by Gasteiger charge is -2.47. The molecule has 18 heteroatoms. The third kappa shape index (κ3) is 10.1. The van der Waals surface area contributed by atoms with Crippen molar-refractivity contribution >= 4 is 52.7 Å². The van der Waals surface area contributed by atoms with Crippen LogP contribution in [0.4, 0.5) is 11.4 Å². The average molecular weight is 754 g/mol. The van der Waals surface area contributed by atoms with Crippen molar-refractivity contribution in [2.24, 2.45) is 17.4 Å². The molecule has 18 nitrogen and oxygen atoms in total. The van der Waals surface area contributed by atoms with Gasteiger partial charge in [0.25, 0.3) is 17.5 Å². The zero-order chi connectivity index (χ0) is 40.2. The molecule has 1 aliphatic heterocycles. The topological polar surface area (TPSA) is 283 Å². The molecule has 1 aliphatic rings. The first-order valence-corrected chi connectivity index (χ1v) is 17.4. The van der Waals surface area contributed by atoms with E-state index in [1.54, 1.807) is 44.2 Å². The molecular formula is C36H47N7O11. The average Bonchev–Trinajstić information content (AvgIpc) is 3.14. The normalized spacial score (nSPS) is 17.9. The van der Waals surface area contributed by atoms with E-state index >= 15 is 0 Å². The summed E-state index contributed by atoms with van der Waals surface area (Å²) < 4.78 is 5.80. The van der Waals surface area contributed by atoms with E-state index < -0.39 is 101 Å². The summed E-state index contributed by atoms with van der Waals surface area (Å²) in [5, 5.41) is 27.9. The number of non-ortho nitro benzene ring substituents is 1. The summed E-state index contributed by atoms with van der Waals surface area (Å²) in [6.45, 7) is 3.44. The number of carboxylic acid groups (broad SMARTS) is 1. The Bertz CT molecular complexity index is 1700. The van der Waals surface area contributed by atoms with Crippen molar-refractivity contribution in [1.29, 1.82) is 0 Å². The Balaban J connectivity index is 2.14. The molecule has 1 saturated heterocycles. The minimum atomic E-state index is -2.68. The number of carbonyl (C=O) groups is 7. The number of piperidine rings is 1. The highest BCUT2D eigenvalue weighted by Crippen LogP contribution is 2.41. The number of amides is 5. The lowest BCUT2D eigenvalue weighted by molar-refractivity contribution is -0.384. The van der Waals surface area contributed by atoms with E-state index in [1.165, 1.54) is 19.2 Å². The maximum absolute atomic E-state index is 14.8. The number of ether oxygens (including phenoxy) is 1. The number of benzene rings is 2. The molecule has 1 heterocycles. The number of unbranched alkanes of at least 4 members (excludes halogenated alkanes) is 1. The number of hydrogen-bond donors (Lipinski definition) is 6. The van der Waals surface area contributed by atoms with Crippen molar-refractivity contribution in [3.63, 3.8) is 0 Å². The number of anilines is 1. The third-order valence-electron chi connectivity index (χ3n) is 9.03. The number of methoxy groups -OCH3 is 1. The predicted octanol–water partition coefficient (Wildman–Crippen LogP) is 1.32. The number of rotatable bonds is 19. The lowest BCUT2D eigenvalue weighted by Crippen LogP contribution is -2.73. The van der Waals surface area contributed by atoms with E-state index in [9.17, 15) is 43.7 Å². The van der Waals surface area contributed by atoms with Gasteiger partial charge in [-0.1, -0.05) is 44.2 Å². The van der Waals surface area contributed by atoms with E-state index in [2.05, 4.69) is 16.0 Å². The molecule has 54 heavy (non-hydrogen) atoms. The predicted molar refractivity (Wildman–Crippen MR) is 193 cm³/mol. The van der Waals surface area contributed by atoms with E-state index in [0.717, 1.165) is 12.1 Å². The number of nitrogens with two attached hydrogens (primary N) is 2. The van der Waals surface area contributed by atoms with Crippen molar-refractivity contribution in [2.45, 2.75) is 88.6 Å². The zero-order valence-electron chi connectivity index (χ0n) is 30.3. The number of nitro benzene ring substituents is 1. The Morgan fingerprint density at radius 1 is 0.963 bits per heavy atom. The van der Waals surface area contributed by atoms with Gasteiger partial charge in [0.2, 0.25) is 23.3 Å². The van der Waals surface area contributed by atoms with E-state index in [0.29, 0.717) is 11.3 Å². The number of likely N-dealkylation sites (tertiary alicyclic amines) is 1. The molecule has 0 aromatic heterocycles. The first kappa shape index (κ1) is 42.8. The molecule has 0 radical (unpaired) electrons. The molecule has 8 N–H and O–H groups in total. The Morgan fingerprint density at radius 2 is 1.61 bits per heavy atom. The van der Waals surface area contributed by atoms with Crippen LogP contribution in [0.1, 0.15) is 70.5 Å². The highest BCUT2D eigenvalue weighted by Gasteiger charge is 2.63. The number of nitrogens with one attached hydrogen (secondary N) is 3. The maximum Gasteiger partial charge on any atom is 0.303 e. The van der Waals surface area contributed by atoms with Crippen LogP contribution in [-0.4, -0.2) is 93.5 Å². The highest BCUT2D eigenvalue weighted by atomic mass is 16.6. The van der Waals surface area contributed by atoms with Crippen LogP contribution in [0.3, 0.4) is 0 Å². The molecule has 5 atom stereocenters. The second-order valence-corrected chi connectivity index (χ2v) is 13.2. The van der Waals surface area contributed by atoms with Gasteiger partial charge in [0, 0.05) is 44.2 Å². The van der Waals surface area contributed by atoms with E-state index in [-0.39, 0.29) is 42.7 Å². The number of ketones is 1. The Morgan fingerprint density at radius 3 is 2.17 bits per heavy atom. The minimum absolute atomic E-state index is 0.0102. The third-order valence-corrected chi connectivity index (χ3v) is 9.03. The molecule has 0 spiro atoms. The summed E-state index contributed by atoms with van der Waals surface area (Å²) in [5.41, 5.74) is 8.88. The fourth-order valence-corrected chi connectivity index (χ4v) is 6.19. The van der Waals surface area contributed by atoms with Crippen molar-refractivity contribution in [2.75, 3.05) is 19.0 Å². The summed E-state index contributed by atoms with van der Waals surface area (Å²) in [5.74, 6) is -7.40. The molecule has 1 fully saturated rings. The molecule has 5 amide bonds. The van der Waals surface area contributed by atoms with Crippen LogP contribution < -0.4 is 27.4 Å². The van der Waals surface area contributed by atoms with Crippen molar-refractivity contribution < 1.29 is 48.3 Å². The van der Waals surface area contributed by atoms with Gasteiger partial charge in [-0.25, -0.2) is 0 Å². The van der Waals surface area contributed by atoms with Gasteiger partial charge < -0.3 is 37.3 Å². The molecule has 2 aromatic rings. The molecule has 2 aromatic carbocycles. The number of hydrogen-bond acceptors (Lipinski definition) is 12. The summed E-state index contributed by atoms with van der Waals surface area (Å²) in [6, 6.07) is 8.59. The van der Waals surface area contributed by atoms with E-state index in [4.69, 9.17) is 21.3 Å². The van der Waals surface area contributed by atoms with E-state index in [1.807, 2.05) is 0 Å². The first-order valence-electron chi connectivity index (χ1n) is 17.4. The highest BCUT2D eigenvalue weighted by molar-refractivity contribution is 6.23. The van der Waals surface area contributed by atoms with Gasteiger partial charge in [-0.2, -0.15) is 0 Å². The quantitative estimate of drug-likeness (QED) is 0.0512. The lowest BCUT2D eigenvalue weighted by atomic mass is 9.75. The minimum Gasteiger partial charge on any atom is -0.481 e. The largest absolute Gasteiger partial charge is 0.481 e. The molecule has 292 valence electrons. The van der Waals surface area contributed by atoms with Gasteiger partial charge in [0.1, 0.15) is 18.2 Å². The number of imide groups is 1. The molecule has 1 unspecified atom stereocenters. The van der Waals surface area contributed by atoms with Gasteiger partial charge in [0.05, 0.1) is 11.0 Å². The van der Waals surface area contributed by atoms with Crippen molar-refractivity contribution in [1.82, 2.24) is 15.5 Å². The van der Waals surface area contributed by atoms with Gasteiger partial charge >= 0.3 is 5.97 Å². The van der Waals surface area contributed by atoms with Crippen LogP contribution >= 0.6 is 0 Å². The summed E-state index contributed by atoms with van der Waals surface area (Å²) >= 11 is 0. The number of nitrogens with zero attached hydrogens (tertiary/aromatic N) is 2. The molecule has 0 bridgehead atoms. The van der Waals surface area contributed by atoms with Crippen molar-refractivity contribution in [3.05, 3.63) is 70.3 Å². The maximum atomic E-state index is 14.8. The summed E-state index contributed by atoms with van der Waals surface area (Å²) in [4.78, 5) is 107. The van der Waals surface area contributed by atoms with Gasteiger partial charge in [0.15, 0.2) is 5.78 Å². The molecule has 0 aliphatic carbocycles. The smallest absolute Gasteiger partial charge is 0.303 e. The van der Waals surface area contributed by atoms with Gasteiger partial charge in [-0.3, -0.25) is 48.6 Å². The number of carbonyl (C=O) groups excluding carboxylic acids is 6. The van der Waals surface area contributed by atoms with Crippen LogP contribution in [0.15, 0.2) is 54.6 Å². The Kier molecular flexibility index (Phi) is 15.4. The second-order valence-electron chi connectivity index (χ2n) is 13.2. The van der Waals surface area contributed by atoms with Crippen LogP contribution in [-0.2, 0) is 38.3 Å². The molecular weight excluding hydrogens is 706 g/mol. The summed E-state index contributed by atoms with van der Waals surface area (Å²) in [6.07, 6.45) is -2.50. The fraction of sp³-hybridized carbons (Fsp3) is 0.472. The van der Waals surface area contributed by atoms with Crippen LogP contribution in [0.2, 0.25) is 0 Å². The van der Waals surface area contributed by atoms with Gasteiger partial charge in [-0.05, 0) is 55.8 Å². The summed E-state index contributed by atoms with van der Waals surface area (Å²) in [7, 11) is 1.20. The number of aliphatic carboxylic acids is 1. The Hall–Kier alpha value is -5.59. The Labute approximate surface area is 311 Å². The van der Waals surface area contributed by atoms with Crippen LogP contribution in [0.25, 0.3) is 0 Å². The van der Waals surface area contributed by atoms with Crippen LogP contribution in [0, 0.1) is 16.0 Å². The number of nitro groups is 1. The first-order chi connectivity index (χ1) is 25.6. The molecule has 0 saturated carbocycles. The zero-order valence-corrected chi connectivity index (χ0v) is 30.3. The van der Waals surface area contributed by atoms with Crippen LogP contribution in [0.5, 0.6) is 0 Å². The van der Waals surface area contributed by atoms with Crippen molar-refractivity contribution in [3.8, 4) is 0 Å². The SMILES string of the molecule is COC(c1ccccc1)[C@]1(C(=O)Nc2ccc([N+](=O)[O-])cc2)C(=O)CCC(=O)N1C(=O)[C@H](CCCCN)NC(=O)[C@@H](NC(=O)[C@@H](N)CCC(=O)O)C(C)C. The second kappa shape index (κ2) is 19.5. The standard InChI is InChI=1S/C36H47N7O11/c1-21(2)30(41-32(48)25(38)16-19-29(46)47)33(49)40-26(11-7-8-20-37)34(50)42-28(45)18-17-27(44)36(42,31(54-3)22-9-5-4-6-10-22)35(51)39-23-12-14-24(15-13-23)43(52)53/h4-6,9-10,12-15,21,25-26,30-31H,7-8,11,16-20,37-38H2,1-3H3,(H,39,51)(H,40,49)(H,41,48)(H,46,47)/t25-,26-,30-,31?,36-/m0/s1. The number of carboxylic acids is 1. The van der Waals surface area contributed by atoms with Gasteiger partial charge in [-0.15, -0.1) is 0 Å².